The van der Waals surface area contributed by atoms with Crippen LogP contribution in [0.25, 0.3) is 0 Å². The van der Waals surface area contributed by atoms with Crippen LogP contribution in [0.4, 0.5) is 0 Å². The third-order valence-electron chi connectivity index (χ3n) is 3.24. The van der Waals surface area contributed by atoms with Crippen molar-refractivity contribution in [2.75, 3.05) is 7.05 Å². The highest BCUT2D eigenvalue weighted by Crippen LogP contribution is 2.32. The van der Waals surface area contributed by atoms with Gasteiger partial charge in [0.2, 0.25) is 0 Å². The number of aliphatic carboxylic acids is 2. The largest absolute Gasteiger partial charge is 0.481 e. The molecule has 1 aliphatic carbocycles. The molecular formula is C14H24N2O5S2. The first-order valence-corrected chi connectivity index (χ1v) is 6.50. The van der Waals surface area contributed by atoms with Crippen molar-refractivity contribution in [2.45, 2.75) is 31.4 Å². The maximum atomic E-state index is 9.89. The normalized spacial score (nSPS) is 17.9. The molecule has 0 aromatic heterocycles. The van der Waals surface area contributed by atoms with Gasteiger partial charge in [-0.25, -0.2) is 5.01 Å². The highest BCUT2D eigenvalue weighted by Gasteiger charge is 2.32. The zero-order valence-corrected chi connectivity index (χ0v) is 14.8. The molecule has 2 atom stereocenters. The van der Waals surface area contributed by atoms with Crippen molar-refractivity contribution in [3.8, 4) is 0 Å². The second-order valence-corrected chi connectivity index (χ2v) is 4.87. The number of aliphatic hydroxyl groups is 1. The van der Waals surface area contributed by atoms with Crippen LogP contribution < -0.4 is 5.84 Å². The lowest BCUT2D eigenvalue weighted by molar-refractivity contribution is -0.143. The third kappa shape index (κ3) is 7.71. The fourth-order valence-corrected chi connectivity index (χ4v) is 2.13. The molecule has 132 valence electrons. The predicted molar refractivity (Wildman–Crippen MR) is 96.1 cm³/mol. The number of hydrazine groups is 1. The Morgan fingerprint density at radius 1 is 1.17 bits per heavy atom. The van der Waals surface area contributed by atoms with Gasteiger partial charge in [0.25, 0.3) is 0 Å². The second-order valence-electron chi connectivity index (χ2n) is 4.87. The minimum atomic E-state index is -1.08. The second kappa shape index (κ2) is 11.3. The maximum absolute atomic E-state index is 9.89. The Kier molecular flexibility index (Phi) is 11.8. The van der Waals surface area contributed by atoms with E-state index in [-0.39, 0.29) is 45.9 Å². The van der Waals surface area contributed by atoms with E-state index in [1.165, 1.54) is 5.56 Å². The number of aliphatic hydroxyl groups excluding tert-OH is 1. The summed E-state index contributed by atoms with van der Waals surface area (Å²) in [6.07, 6.45) is -0.194. The van der Waals surface area contributed by atoms with Crippen molar-refractivity contribution in [1.82, 2.24) is 5.01 Å². The number of hydrogen-bond acceptors (Lipinski definition) is 5. The molecule has 5 N–H and O–H groups in total. The summed E-state index contributed by atoms with van der Waals surface area (Å²) in [6, 6.07) is 7.97. The van der Waals surface area contributed by atoms with Crippen LogP contribution >= 0.6 is 27.0 Å². The van der Waals surface area contributed by atoms with Crippen LogP contribution in [-0.4, -0.2) is 45.4 Å². The van der Waals surface area contributed by atoms with Crippen molar-refractivity contribution in [2.24, 2.45) is 5.84 Å². The summed E-state index contributed by atoms with van der Waals surface area (Å²) in [5.41, 5.74) is 2.22. The van der Waals surface area contributed by atoms with E-state index >= 15 is 0 Å². The fraction of sp³-hybridized carbons (Fsp3) is 0.429. The van der Waals surface area contributed by atoms with E-state index in [1.807, 2.05) is 24.3 Å². The topological polar surface area (TPSA) is 124 Å². The van der Waals surface area contributed by atoms with Crippen molar-refractivity contribution >= 4 is 38.9 Å². The van der Waals surface area contributed by atoms with E-state index in [9.17, 15) is 14.7 Å². The summed E-state index contributed by atoms with van der Waals surface area (Å²) in [5, 5.41) is 27.3. The molecule has 7 nitrogen and oxygen atoms in total. The minimum absolute atomic E-state index is 0. The standard InChI is InChI=1S/C10H14N2O.C4H6O4.2H2S/c1-12(11)9-6-7-4-2-3-5-8(7)10(9)13;5-3(6)1-2-4(7)8;;/h2-5,9-10,13H,6,11H2,1H3;1-2H2,(H,5,6)(H,7,8);2*1H2/t9-,10-;;;/m0.../s1. The number of carbonyl (C=O) groups is 2. The summed E-state index contributed by atoms with van der Waals surface area (Å²) in [7, 11) is 1.79. The summed E-state index contributed by atoms with van der Waals surface area (Å²) >= 11 is 0. The van der Waals surface area contributed by atoms with E-state index in [4.69, 9.17) is 16.1 Å². The van der Waals surface area contributed by atoms with Gasteiger partial charge >= 0.3 is 11.9 Å². The van der Waals surface area contributed by atoms with Crippen LogP contribution in [0.1, 0.15) is 30.1 Å². The van der Waals surface area contributed by atoms with Crippen LogP contribution in [0.3, 0.4) is 0 Å². The Hall–Kier alpha value is -1.26. The van der Waals surface area contributed by atoms with Crippen molar-refractivity contribution in [3.05, 3.63) is 35.4 Å². The summed E-state index contributed by atoms with van der Waals surface area (Å²) in [5.74, 6) is 3.49. The Morgan fingerprint density at radius 2 is 1.65 bits per heavy atom. The van der Waals surface area contributed by atoms with Gasteiger partial charge in [0.05, 0.1) is 25.0 Å². The van der Waals surface area contributed by atoms with Gasteiger partial charge in [0.1, 0.15) is 0 Å². The summed E-state index contributed by atoms with van der Waals surface area (Å²) in [4.78, 5) is 19.3. The highest BCUT2D eigenvalue weighted by molar-refractivity contribution is 7.59. The Bertz CT molecular complexity index is 500. The number of carboxylic acids is 2. The van der Waals surface area contributed by atoms with Gasteiger partial charge in [-0.3, -0.25) is 15.4 Å². The third-order valence-corrected chi connectivity index (χ3v) is 3.24. The number of likely N-dealkylation sites (N-methyl/N-ethyl adjacent to an activating group) is 1. The molecule has 1 aromatic carbocycles. The first-order chi connectivity index (χ1) is 9.82. The zero-order chi connectivity index (χ0) is 16.0. The van der Waals surface area contributed by atoms with Gasteiger partial charge < -0.3 is 15.3 Å². The van der Waals surface area contributed by atoms with Gasteiger partial charge in [-0.2, -0.15) is 27.0 Å². The van der Waals surface area contributed by atoms with Gasteiger partial charge in [0.15, 0.2) is 0 Å². The lowest BCUT2D eigenvalue weighted by atomic mass is 10.1. The number of fused-ring (bicyclic) bond motifs is 1. The number of nitrogens with zero attached hydrogens (tertiary/aromatic N) is 1. The Balaban J connectivity index is 0. The molecule has 0 saturated heterocycles. The molecule has 0 radical (unpaired) electrons. The molecule has 1 aromatic rings. The number of nitrogens with two attached hydrogens (primary N) is 1. The first-order valence-electron chi connectivity index (χ1n) is 6.50. The van der Waals surface area contributed by atoms with Crippen molar-refractivity contribution in [1.29, 1.82) is 0 Å². The van der Waals surface area contributed by atoms with Crippen molar-refractivity contribution in [3.63, 3.8) is 0 Å². The van der Waals surface area contributed by atoms with Gasteiger partial charge in [-0.15, -0.1) is 0 Å². The lowest BCUT2D eigenvalue weighted by Gasteiger charge is -2.21. The molecule has 2 rings (SSSR count). The van der Waals surface area contributed by atoms with E-state index in [1.54, 1.807) is 12.1 Å². The highest BCUT2D eigenvalue weighted by atomic mass is 32.1. The van der Waals surface area contributed by atoms with Crippen LogP contribution in [-0.2, 0) is 16.0 Å². The average Bonchev–Trinajstić information content (AvgIpc) is 2.75. The van der Waals surface area contributed by atoms with Gasteiger partial charge in [0, 0.05) is 7.05 Å². The smallest absolute Gasteiger partial charge is 0.303 e. The molecule has 0 saturated carbocycles. The van der Waals surface area contributed by atoms with Crippen LogP contribution in [0, 0.1) is 0 Å². The van der Waals surface area contributed by atoms with Gasteiger partial charge in [-0.1, -0.05) is 24.3 Å². The zero-order valence-electron chi connectivity index (χ0n) is 12.8. The van der Waals surface area contributed by atoms with Gasteiger partial charge in [-0.05, 0) is 17.5 Å². The van der Waals surface area contributed by atoms with Crippen LogP contribution in [0.5, 0.6) is 0 Å². The van der Waals surface area contributed by atoms with E-state index in [0.717, 1.165) is 12.0 Å². The fourth-order valence-electron chi connectivity index (χ4n) is 2.13. The van der Waals surface area contributed by atoms with Crippen LogP contribution in [0.15, 0.2) is 24.3 Å². The Labute approximate surface area is 149 Å². The number of hydrogen-bond donors (Lipinski definition) is 4. The molecule has 0 bridgehead atoms. The quantitative estimate of drug-likeness (QED) is 0.456. The molecule has 0 heterocycles. The SMILES string of the molecule is CN(N)[C@H]1Cc2ccccc2[C@@H]1O.O=C(O)CCC(=O)O.S.S. The molecule has 1 aliphatic rings. The number of benzene rings is 1. The molecular weight excluding hydrogens is 340 g/mol. The first kappa shape index (κ1) is 24.0. The summed E-state index contributed by atoms with van der Waals surface area (Å²) in [6.45, 7) is 0. The maximum Gasteiger partial charge on any atom is 0.303 e. The number of rotatable bonds is 4. The molecule has 0 fully saturated rings. The van der Waals surface area contributed by atoms with Crippen molar-refractivity contribution < 1.29 is 24.9 Å². The average molecular weight is 364 g/mol. The summed E-state index contributed by atoms with van der Waals surface area (Å²) < 4.78 is 0. The van der Waals surface area contributed by atoms with E-state index in [2.05, 4.69) is 0 Å². The number of carboxylic acid groups (broad SMARTS) is 2. The molecule has 0 aliphatic heterocycles. The van der Waals surface area contributed by atoms with Crippen LogP contribution in [0.2, 0.25) is 0 Å². The molecule has 0 spiro atoms. The molecule has 0 amide bonds. The predicted octanol–water partition coefficient (Wildman–Crippen LogP) is 0.612. The molecule has 9 heteroatoms. The lowest BCUT2D eigenvalue weighted by Crippen LogP contribution is -2.40. The molecule has 0 unspecified atom stereocenters. The van der Waals surface area contributed by atoms with E-state index < -0.39 is 18.0 Å². The Morgan fingerprint density at radius 3 is 2.04 bits per heavy atom. The van der Waals surface area contributed by atoms with E-state index in [0.29, 0.717) is 0 Å². The minimum Gasteiger partial charge on any atom is -0.481 e. The monoisotopic (exact) mass is 364 g/mol. The molecule has 23 heavy (non-hydrogen) atoms.